The molecule has 164 valence electrons. The summed E-state index contributed by atoms with van der Waals surface area (Å²) in [6, 6.07) is 19.0. The number of carbonyl (C=O) groups is 1. The molecule has 0 aliphatic rings. The highest BCUT2D eigenvalue weighted by molar-refractivity contribution is 5.88. The maximum Gasteiger partial charge on any atom is 0.333 e. The monoisotopic (exact) mass is 419 g/mol. The summed E-state index contributed by atoms with van der Waals surface area (Å²) in [5.41, 5.74) is 3.68. The van der Waals surface area contributed by atoms with Crippen molar-refractivity contribution in [3.63, 3.8) is 0 Å². The summed E-state index contributed by atoms with van der Waals surface area (Å²) in [5.74, 6) is 0.966. The molecule has 3 rings (SSSR count). The SMILES string of the molecule is C=C(C)C(=O)OCC(C)(C)COc1ccc2cc(-c3ccccc3)n(CC(C)C)c2c1. The van der Waals surface area contributed by atoms with Gasteiger partial charge in [-0.15, -0.1) is 0 Å². The molecule has 0 atom stereocenters. The number of aromatic nitrogens is 1. The van der Waals surface area contributed by atoms with Crippen LogP contribution >= 0.6 is 0 Å². The van der Waals surface area contributed by atoms with E-state index in [0.29, 0.717) is 18.1 Å². The number of hydrogen-bond donors (Lipinski definition) is 0. The van der Waals surface area contributed by atoms with Crippen molar-refractivity contribution in [3.8, 4) is 17.0 Å². The summed E-state index contributed by atoms with van der Waals surface area (Å²) >= 11 is 0. The molecular weight excluding hydrogens is 386 g/mol. The zero-order valence-corrected chi connectivity index (χ0v) is 19.3. The third kappa shape index (κ3) is 5.78. The minimum absolute atomic E-state index is 0.281. The Morgan fingerprint density at radius 2 is 1.77 bits per heavy atom. The summed E-state index contributed by atoms with van der Waals surface area (Å²) in [6.45, 7) is 15.4. The molecule has 0 amide bonds. The standard InChI is InChI=1S/C27H33NO3/c1-19(2)16-28-24(21-10-8-7-9-11-21)14-22-12-13-23(15-25(22)28)30-17-27(5,6)18-31-26(29)20(3)4/h7-15,19H,3,16-18H2,1-2,4-6H3. The quantitative estimate of drug-likeness (QED) is 0.294. The van der Waals surface area contributed by atoms with Crippen LogP contribution in [0.1, 0.15) is 34.6 Å². The van der Waals surface area contributed by atoms with Gasteiger partial charge < -0.3 is 14.0 Å². The van der Waals surface area contributed by atoms with E-state index in [4.69, 9.17) is 9.47 Å². The van der Waals surface area contributed by atoms with Gasteiger partial charge in [0.05, 0.1) is 18.7 Å². The van der Waals surface area contributed by atoms with E-state index in [0.717, 1.165) is 17.8 Å². The molecule has 0 unspecified atom stereocenters. The Balaban J connectivity index is 1.83. The fraction of sp³-hybridized carbons (Fsp3) is 0.370. The molecule has 4 nitrogen and oxygen atoms in total. The molecule has 1 heterocycles. The van der Waals surface area contributed by atoms with E-state index in [1.807, 2.05) is 26.0 Å². The topological polar surface area (TPSA) is 40.5 Å². The molecule has 3 aromatic rings. The number of nitrogens with zero attached hydrogens (tertiary/aromatic N) is 1. The van der Waals surface area contributed by atoms with E-state index < -0.39 is 0 Å². The first kappa shape index (κ1) is 22.7. The molecule has 0 N–H and O–H groups in total. The van der Waals surface area contributed by atoms with E-state index in [2.05, 4.69) is 67.5 Å². The van der Waals surface area contributed by atoms with Crippen molar-refractivity contribution < 1.29 is 14.3 Å². The summed E-state index contributed by atoms with van der Waals surface area (Å²) in [6.07, 6.45) is 0. The van der Waals surface area contributed by atoms with Gasteiger partial charge in [0.1, 0.15) is 5.75 Å². The van der Waals surface area contributed by atoms with Gasteiger partial charge in [-0.3, -0.25) is 0 Å². The highest BCUT2D eigenvalue weighted by Crippen LogP contribution is 2.32. The highest BCUT2D eigenvalue weighted by Gasteiger charge is 2.22. The van der Waals surface area contributed by atoms with Crippen molar-refractivity contribution in [2.24, 2.45) is 11.3 Å². The lowest BCUT2D eigenvalue weighted by Gasteiger charge is -2.24. The Morgan fingerprint density at radius 1 is 1.06 bits per heavy atom. The number of benzene rings is 2. The van der Waals surface area contributed by atoms with Crippen LogP contribution in [0.2, 0.25) is 0 Å². The van der Waals surface area contributed by atoms with Crippen LogP contribution in [0.3, 0.4) is 0 Å². The Hall–Kier alpha value is -3.01. The van der Waals surface area contributed by atoms with Crippen LogP contribution in [0.25, 0.3) is 22.2 Å². The summed E-state index contributed by atoms with van der Waals surface area (Å²) in [4.78, 5) is 11.7. The van der Waals surface area contributed by atoms with E-state index in [1.54, 1.807) is 6.92 Å². The third-order valence-electron chi connectivity index (χ3n) is 5.07. The molecule has 0 aliphatic heterocycles. The molecule has 0 saturated carbocycles. The lowest BCUT2D eigenvalue weighted by molar-refractivity contribution is -0.142. The minimum Gasteiger partial charge on any atom is -0.493 e. The Labute approximate surface area is 185 Å². The smallest absolute Gasteiger partial charge is 0.333 e. The van der Waals surface area contributed by atoms with E-state index in [-0.39, 0.29) is 18.0 Å². The van der Waals surface area contributed by atoms with Crippen LogP contribution in [-0.2, 0) is 16.1 Å². The van der Waals surface area contributed by atoms with Crippen LogP contribution in [0.5, 0.6) is 5.75 Å². The average Bonchev–Trinajstić information content (AvgIpc) is 3.08. The summed E-state index contributed by atoms with van der Waals surface area (Å²) < 4.78 is 13.8. The van der Waals surface area contributed by atoms with Crippen LogP contribution < -0.4 is 4.74 Å². The first-order valence-electron chi connectivity index (χ1n) is 10.8. The van der Waals surface area contributed by atoms with Gasteiger partial charge in [0.15, 0.2) is 0 Å². The third-order valence-corrected chi connectivity index (χ3v) is 5.07. The van der Waals surface area contributed by atoms with Gasteiger partial charge in [0, 0.05) is 34.7 Å². The second kappa shape index (κ2) is 9.42. The molecule has 4 heteroatoms. The van der Waals surface area contributed by atoms with E-state index >= 15 is 0 Å². The first-order valence-corrected chi connectivity index (χ1v) is 10.8. The maximum atomic E-state index is 11.7. The van der Waals surface area contributed by atoms with Gasteiger partial charge in [0.25, 0.3) is 0 Å². The predicted octanol–water partition coefficient (Wildman–Crippen LogP) is 6.49. The molecule has 0 radical (unpaired) electrons. The number of rotatable bonds is 9. The van der Waals surface area contributed by atoms with Gasteiger partial charge >= 0.3 is 5.97 Å². The van der Waals surface area contributed by atoms with Crippen molar-refractivity contribution in [2.45, 2.75) is 41.2 Å². The average molecular weight is 420 g/mol. The Kier molecular flexibility index (Phi) is 6.89. The van der Waals surface area contributed by atoms with Crippen molar-refractivity contribution in [3.05, 3.63) is 66.7 Å². The van der Waals surface area contributed by atoms with Crippen molar-refractivity contribution in [1.82, 2.24) is 4.57 Å². The zero-order chi connectivity index (χ0) is 22.6. The van der Waals surface area contributed by atoms with Gasteiger partial charge in [-0.1, -0.05) is 64.6 Å². The minimum atomic E-state index is -0.366. The molecule has 31 heavy (non-hydrogen) atoms. The summed E-state index contributed by atoms with van der Waals surface area (Å²) in [7, 11) is 0. The Bertz CT molecular complexity index is 1060. The number of fused-ring (bicyclic) bond motifs is 1. The Morgan fingerprint density at radius 3 is 2.42 bits per heavy atom. The maximum absolute atomic E-state index is 11.7. The number of hydrogen-bond acceptors (Lipinski definition) is 3. The molecule has 0 spiro atoms. The second-order valence-electron chi connectivity index (χ2n) is 9.43. The lowest BCUT2D eigenvalue weighted by Crippen LogP contribution is -2.28. The van der Waals surface area contributed by atoms with E-state index in [1.165, 1.54) is 16.6 Å². The molecule has 0 saturated heterocycles. The van der Waals surface area contributed by atoms with Crippen LogP contribution in [-0.4, -0.2) is 23.8 Å². The van der Waals surface area contributed by atoms with Gasteiger partial charge in [-0.25, -0.2) is 4.79 Å². The normalized spacial score (nSPS) is 11.7. The molecule has 0 aliphatic carbocycles. The molecular formula is C27H33NO3. The fourth-order valence-electron chi connectivity index (χ4n) is 3.44. The van der Waals surface area contributed by atoms with Gasteiger partial charge in [-0.2, -0.15) is 0 Å². The lowest BCUT2D eigenvalue weighted by atomic mass is 9.96. The summed E-state index contributed by atoms with van der Waals surface area (Å²) in [5, 5.41) is 1.20. The molecule has 0 bridgehead atoms. The first-order chi connectivity index (χ1) is 14.7. The van der Waals surface area contributed by atoms with Crippen molar-refractivity contribution in [2.75, 3.05) is 13.2 Å². The zero-order valence-electron chi connectivity index (χ0n) is 19.3. The van der Waals surface area contributed by atoms with Gasteiger partial charge in [-0.05, 0) is 36.6 Å². The van der Waals surface area contributed by atoms with Crippen LogP contribution in [0.15, 0.2) is 66.7 Å². The van der Waals surface area contributed by atoms with E-state index in [9.17, 15) is 4.79 Å². The molecule has 0 fully saturated rings. The largest absolute Gasteiger partial charge is 0.493 e. The van der Waals surface area contributed by atoms with Gasteiger partial charge in [0.2, 0.25) is 0 Å². The van der Waals surface area contributed by atoms with Crippen LogP contribution in [0.4, 0.5) is 0 Å². The van der Waals surface area contributed by atoms with Crippen molar-refractivity contribution in [1.29, 1.82) is 0 Å². The number of esters is 1. The highest BCUT2D eigenvalue weighted by atomic mass is 16.5. The van der Waals surface area contributed by atoms with Crippen LogP contribution in [0, 0.1) is 11.3 Å². The van der Waals surface area contributed by atoms with Crippen molar-refractivity contribution >= 4 is 16.9 Å². The predicted molar refractivity (Wildman–Crippen MR) is 127 cm³/mol. The second-order valence-corrected chi connectivity index (χ2v) is 9.43. The molecule has 2 aromatic carbocycles. The molecule has 1 aromatic heterocycles. The fourth-order valence-corrected chi connectivity index (χ4v) is 3.44. The number of carbonyl (C=O) groups excluding carboxylic acids is 1. The number of ether oxygens (including phenoxy) is 2.